The number of carbonyl (C=O) groups excluding carboxylic acids is 1. The summed E-state index contributed by atoms with van der Waals surface area (Å²) in [6.45, 7) is 8.62. The topological polar surface area (TPSA) is 58.8 Å². The molecule has 0 atom stereocenters. The minimum atomic E-state index is 0.136. The third-order valence-electron chi connectivity index (χ3n) is 5.89. The second-order valence-electron chi connectivity index (χ2n) is 7.92. The molecule has 0 bridgehead atoms. The van der Waals surface area contributed by atoms with Gasteiger partial charge in [-0.3, -0.25) is 9.69 Å². The first kappa shape index (κ1) is 19.0. The van der Waals surface area contributed by atoms with Crippen LogP contribution in [-0.4, -0.2) is 53.1 Å². The number of aromatic nitrogens is 1. The van der Waals surface area contributed by atoms with Crippen LogP contribution in [0.5, 0.6) is 5.75 Å². The SMILES string of the molecule is Cc1noc(C)c1CN1CCC(Oc2ccc(C(=O)N3CCCC3)cc2)CC1. The fraction of sp³-hybridized carbons (Fsp3) is 0.545. The van der Waals surface area contributed by atoms with Crippen LogP contribution in [0.2, 0.25) is 0 Å². The number of piperidine rings is 1. The lowest BCUT2D eigenvalue weighted by Crippen LogP contribution is -2.38. The van der Waals surface area contributed by atoms with Crippen LogP contribution in [0.15, 0.2) is 28.8 Å². The largest absolute Gasteiger partial charge is 0.490 e. The number of amides is 1. The minimum Gasteiger partial charge on any atom is -0.490 e. The summed E-state index contributed by atoms with van der Waals surface area (Å²) in [5, 5.41) is 4.04. The van der Waals surface area contributed by atoms with Gasteiger partial charge >= 0.3 is 0 Å². The van der Waals surface area contributed by atoms with E-state index in [0.29, 0.717) is 0 Å². The zero-order valence-electron chi connectivity index (χ0n) is 16.8. The van der Waals surface area contributed by atoms with Crippen molar-refractivity contribution in [3.05, 3.63) is 46.8 Å². The van der Waals surface area contributed by atoms with Crippen LogP contribution >= 0.6 is 0 Å². The van der Waals surface area contributed by atoms with E-state index in [-0.39, 0.29) is 12.0 Å². The summed E-state index contributed by atoms with van der Waals surface area (Å²) < 4.78 is 11.4. The van der Waals surface area contributed by atoms with Gasteiger partial charge in [0.05, 0.1) is 5.69 Å². The van der Waals surface area contributed by atoms with Gasteiger partial charge in [0.1, 0.15) is 17.6 Å². The number of hydrogen-bond donors (Lipinski definition) is 0. The average molecular weight is 383 g/mol. The number of likely N-dealkylation sites (tertiary alicyclic amines) is 2. The first-order chi connectivity index (χ1) is 13.6. The summed E-state index contributed by atoms with van der Waals surface area (Å²) in [7, 11) is 0. The van der Waals surface area contributed by atoms with E-state index < -0.39 is 0 Å². The van der Waals surface area contributed by atoms with Crippen LogP contribution < -0.4 is 4.74 Å². The van der Waals surface area contributed by atoms with Gasteiger partial charge in [-0.05, 0) is 63.8 Å². The van der Waals surface area contributed by atoms with Crippen LogP contribution in [0.25, 0.3) is 0 Å². The highest BCUT2D eigenvalue weighted by Gasteiger charge is 2.23. The fourth-order valence-electron chi connectivity index (χ4n) is 4.11. The van der Waals surface area contributed by atoms with Gasteiger partial charge in [-0.1, -0.05) is 5.16 Å². The minimum absolute atomic E-state index is 0.136. The second kappa shape index (κ2) is 8.35. The monoisotopic (exact) mass is 383 g/mol. The molecule has 0 spiro atoms. The van der Waals surface area contributed by atoms with E-state index in [0.717, 1.165) is 81.2 Å². The molecule has 0 unspecified atom stereocenters. The molecule has 0 N–H and O–H groups in total. The smallest absolute Gasteiger partial charge is 0.253 e. The quantitative estimate of drug-likeness (QED) is 0.790. The Labute approximate surface area is 166 Å². The maximum atomic E-state index is 12.4. The molecule has 0 radical (unpaired) electrons. The highest BCUT2D eigenvalue weighted by Crippen LogP contribution is 2.23. The first-order valence-electron chi connectivity index (χ1n) is 10.3. The van der Waals surface area contributed by atoms with Crippen LogP contribution in [0, 0.1) is 13.8 Å². The molecule has 1 aromatic heterocycles. The van der Waals surface area contributed by atoms with E-state index in [1.54, 1.807) is 0 Å². The number of aryl methyl sites for hydroxylation is 2. The fourth-order valence-corrected chi connectivity index (χ4v) is 4.11. The van der Waals surface area contributed by atoms with E-state index >= 15 is 0 Å². The van der Waals surface area contributed by atoms with E-state index in [1.165, 1.54) is 5.56 Å². The van der Waals surface area contributed by atoms with Gasteiger partial charge in [-0.15, -0.1) is 0 Å². The number of nitrogens with zero attached hydrogens (tertiary/aromatic N) is 3. The van der Waals surface area contributed by atoms with Crippen molar-refractivity contribution in [2.45, 2.75) is 52.2 Å². The number of hydrogen-bond acceptors (Lipinski definition) is 5. The van der Waals surface area contributed by atoms with Crippen LogP contribution in [-0.2, 0) is 6.54 Å². The van der Waals surface area contributed by atoms with Crippen molar-refractivity contribution in [3.63, 3.8) is 0 Å². The van der Waals surface area contributed by atoms with Crippen molar-refractivity contribution in [1.82, 2.24) is 15.0 Å². The average Bonchev–Trinajstić information content (AvgIpc) is 3.36. The van der Waals surface area contributed by atoms with Crippen molar-refractivity contribution in [3.8, 4) is 5.75 Å². The Hall–Kier alpha value is -2.34. The number of ether oxygens (including phenoxy) is 1. The summed E-state index contributed by atoms with van der Waals surface area (Å²) >= 11 is 0. The molecule has 28 heavy (non-hydrogen) atoms. The Morgan fingerprint density at radius 3 is 2.39 bits per heavy atom. The summed E-state index contributed by atoms with van der Waals surface area (Å²) in [5.74, 6) is 1.90. The molecule has 2 aliphatic heterocycles. The van der Waals surface area contributed by atoms with Gasteiger partial charge in [0.25, 0.3) is 5.91 Å². The molecule has 1 amide bonds. The third kappa shape index (κ3) is 4.22. The van der Waals surface area contributed by atoms with E-state index in [2.05, 4.69) is 10.1 Å². The Bertz CT molecular complexity index is 781. The van der Waals surface area contributed by atoms with Gasteiger partial charge < -0.3 is 14.2 Å². The maximum absolute atomic E-state index is 12.4. The zero-order chi connectivity index (χ0) is 19.5. The van der Waals surface area contributed by atoms with Gasteiger partial charge in [0, 0.05) is 43.9 Å². The van der Waals surface area contributed by atoms with Gasteiger partial charge in [-0.2, -0.15) is 0 Å². The lowest BCUT2D eigenvalue weighted by Gasteiger charge is -2.32. The number of rotatable bonds is 5. The van der Waals surface area contributed by atoms with E-state index in [4.69, 9.17) is 9.26 Å². The highest BCUT2D eigenvalue weighted by atomic mass is 16.5. The van der Waals surface area contributed by atoms with Gasteiger partial charge in [-0.25, -0.2) is 0 Å². The van der Waals surface area contributed by atoms with Crippen molar-refractivity contribution in [2.24, 2.45) is 0 Å². The molecule has 6 heteroatoms. The standard InChI is InChI=1S/C22H29N3O3/c1-16-21(17(2)28-23-16)15-24-13-9-20(10-14-24)27-19-7-5-18(6-8-19)22(26)25-11-3-4-12-25/h5-8,20H,3-4,9-15H2,1-2H3. The van der Waals surface area contributed by atoms with Crippen LogP contribution in [0.3, 0.4) is 0 Å². The van der Waals surface area contributed by atoms with Crippen molar-refractivity contribution >= 4 is 5.91 Å². The normalized spacial score (nSPS) is 18.6. The van der Waals surface area contributed by atoms with Gasteiger partial charge in [0.2, 0.25) is 0 Å². The van der Waals surface area contributed by atoms with Crippen molar-refractivity contribution < 1.29 is 14.1 Å². The molecule has 2 saturated heterocycles. The summed E-state index contributed by atoms with van der Waals surface area (Å²) in [6.07, 6.45) is 4.44. The van der Waals surface area contributed by atoms with Crippen LogP contribution in [0.1, 0.15) is 53.1 Å². The summed E-state index contributed by atoms with van der Waals surface area (Å²) in [4.78, 5) is 16.8. The van der Waals surface area contributed by atoms with Crippen molar-refractivity contribution in [2.75, 3.05) is 26.2 Å². The Kier molecular flexibility index (Phi) is 5.67. The Morgan fingerprint density at radius 2 is 1.79 bits per heavy atom. The zero-order valence-corrected chi connectivity index (χ0v) is 16.8. The first-order valence-corrected chi connectivity index (χ1v) is 10.3. The molecule has 0 saturated carbocycles. The molecule has 3 heterocycles. The van der Waals surface area contributed by atoms with E-state index in [1.807, 2.05) is 43.0 Å². The lowest BCUT2D eigenvalue weighted by molar-refractivity contribution is 0.0792. The molecule has 150 valence electrons. The molecule has 4 rings (SSSR count). The number of benzene rings is 1. The Morgan fingerprint density at radius 1 is 1.11 bits per heavy atom. The van der Waals surface area contributed by atoms with E-state index in [9.17, 15) is 4.79 Å². The molecule has 1 aromatic carbocycles. The molecule has 0 aliphatic carbocycles. The second-order valence-corrected chi connectivity index (χ2v) is 7.92. The molecular weight excluding hydrogens is 354 g/mol. The predicted molar refractivity (Wildman–Crippen MR) is 106 cm³/mol. The maximum Gasteiger partial charge on any atom is 0.253 e. The number of carbonyl (C=O) groups is 1. The van der Waals surface area contributed by atoms with Gasteiger partial charge in [0.15, 0.2) is 0 Å². The molecular formula is C22H29N3O3. The lowest BCUT2D eigenvalue weighted by atomic mass is 10.1. The predicted octanol–water partition coefficient (Wildman–Crippen LogP) is 3.57. The molecule has 2 aromatic rings. The summed E-state index contributed by atoms with van der Waals surface area (Å²) in [6, 6.07) is 7.64. The molecule has 6 nitrogen and oxygen atoms in total. The van der Waals surface area contributed by atoms with Crippen LogP contribution in [0.4, 0.5) is 0 Å². The molecule has 2 aliphatic rings. The van der Waals surface area contributed by atoms with Crippen molar-refractivity contribution in [1.29, 1.82) is 0 Å². The summed E-state index contributed by atoms with van der Waals surface area (Å²) in [5.41, 5.74) is 2.94. The molecule has 2 fully saturated rings. The third-order valence-corrected chi connectivity index (χ3v) is 5.89. The highest BCUT2D eigenvalue weighted by molar-refractivity contribution is 5.94. The Balaban J connectivity index is 1.27.